The van der Waals surface area contributed by atoms with Gasteiger partial charge in [-0.1, -0.05) is 65.0 Å². The summed E-state index contributed by atoms with van der Waals surface area (Å²) in [5, 5.41) is 13.9. The van der Waals surface area contributed by atoms with Crippen molar-refractivity contribution in [3.05, 3.63) is 71.3 Å². The first kappa shape index (κ1) is 26.9. The fourth-order valence-corrected chi connectivity index (χ4v) is 5.54. The summed E-state index contributed by atoms with van der Waals surface area (Å²) in [7, 11) is 0. The predicted octanol–water partition coefficient (Wildman–Crippen LogP) is 3.62. The van der Waals surface area contributed by atoms with Crippen LogP contribution in [0.3, 0.4) is 0 Å². The minimum atomic E-state index is -0.829. The Morgan fingerprint density at radius 2 is 1.62 bits per heavy atom. The molecule has 2 saturated heterocycles. The minimum absolute atomic E-state index is 0.0185. The number of fused-ring (bicyclic) bond motifs is 1. The number of nitrogens with one attached hydrogen (secondary N) is 1. The van der Waals surface area contributed by atoms with Gasteiger partial charge in [-0.2, -0.15) is 0 Å². The molecule has 37 heavy (non-hydrogen) atoms. The molecule has 2 fully saturated rings. The number of β-amino-alcohol motifs (C(OH)–C–C–N with tert-alkyl or cyclic N) is 1. The summed E-state index contributed by atoms with van der Waals surface area (Å²) in [6, 6.07) is 15.1. The van der Waals surface area contributed by atoms with Crippen LogP contribution in [0.1, 0.15) is 73.7 Å². The van der Waals surface area contributed by atoms with Gasteiger partial charge in [-0.3, -0.25) is 14.4 Å². The molecule has 2 aromatic rings. The molecule has 2 aliphatic rings. The van der Waals surface area contributed by atoms with Gasteiger partial charge in [0.1, 0.15) is 6.04 Å². The molecule has 0 bridgehead atoms. The zero-order valence-corrected chi connectivity index (χ0v) is 22.5. The highest BCUT2D eigenvalue weighted by molar-refractivity contribution is 5.98. The third-order valence-electron chi connectivity index (χ3n) is 7.49. The molecule has 2 unspecified atom stereocenters. The van der Waals surface area contributed by atoms with Crippen molar-refractivity contribution >= 4 is 17.7 Å². The van der Waals surface area contributed by atoms with E-state index >= 15 is 0 Å². The summed E-state index contributed by atoms with van der Waals surface area (Å²) in [6.45, 7) is 11.0. The summed E-state index contributed by atoms with van der Waals surface area (Å²) >= 11 is 0. The number of carbonyl (C=O) groups is 3. The lowest BCUT2D eigenvalue weighted by Gasteiger charge is -2.31. The number of aliphatic hydroxyl groups excluding tert-OH is 1. The average molecular weight is 506 g/mol. The van der Waals surface area contributed by atoms with E-state index in [0.29, 0.717) is 30.5 Å². The summed E-state index contributed by atoms with van der Waals surface area (Å²) in [6.07, 6.45) is 0.258. The van der Waals surface area contributed by atoms with Gasteiger partial charge < -0.3 is 20.2 Å². The molecule has 0 aromatic heterocycles. The van der Waals surface area contributed by atoms with Gasteiger partial charge >= 0.3 is 0 Å². The maximum Gasteiger partial charge on any atom is 0.254 e. The van der Waals surface area contributed by atoms with Gasteiger partial charge in [0.15, 0.2) is 0 Å². The Bertz CT molecular complexity index is 1120. The van der Waals surface area contributed by atoms with Gasteiger partial charge in [0.2, 0.25) is 5.91 Å². The monoisotopic (exact) mass is 505 g/mol. The molecule has 7 heteroatoms. The number of likely N-dealkylation sites (tertiary alicyclic amines) is 2. The van der Waals surface area contributed by atoms with E-state index in [-0.39, 0.29) is 41.6 Å². The molecule has 2 aliphatic heterocycles. The van der Waals surface area contributed by atoms with E-state index in [1.54, 1.807) is 34.1 Å². The average Bonchev–Trinajstić information content (AvgIpc) is 3.44. The molecule has 4 atom stereocenters. The van der Waals surface area contributed by atoms with E-state index in [2.05, 4.69) is 26.1 Å². The van der Waals surface area contributed by atoms with Gasteiger partial charge in [0.05, 0.1) is 18.2 Å². The first-order valence-corrected chi connectivity index (χ1v) is 13.2. The number of benzene rings is 2. The second-order valence-corrected chi connectivity index (χ2v) is 11.8. The molecular weight excluding hydrogens is 466 g/mol. The lowest BCUT2D eigenvalue weighted by Crippen LogP contribution is -2.53. The van der Waals surface area contributed by atoms with Crippen molar-refractivity contribution in [1.82, 2.24) is 15.1 Å². The largest absolute Gasteiger partial charge is 0.389 e. The van der Waals surface area contributed by atoms with Crippen LogP contribution in [-0.2, 0) is 10.2 Å². The van der Waals surface area contributed by atoms with E-state index in [1.165, 1.54) is 0 Å². The van der Waals surface area contributed by atoms with E-state index in [4.69, 9.17) is 0 Å². The van der Waals surface area contributed by atoms with Crippen LogP contribution in [0, 0.1) is 5.92 Å². The molecule has 198 valence electrons. The van der Waals surface area contributed by atoms with Crippen LogP contribution in [0.4, 0.5) is 0 Å². The number of hydrogen-bond acceptors (Lipinski definition) is 4. The highest BCUT2D eigenvalue weighted by Crippen LogP contribution is 2.34. The fraction of sp³-hybridized carbons (Fsp3) is 0.500. The lowest BCUT2D eigenvalue weighted by atomic mass is 9.86. The van der Waals surface area contributed by atoms with Crippen molar-refractivity contribution in [3.8, 4) is 0 Å². The molecule has 4 rings (SSSR count). The van der Waals surface area contributed by atoms with Crippen LogP contribution in [0.25, 0.3) is 0 Å². The van der Waals surface area contributed by atoms with Crippen LogP contribution in [0.2, 0.25) is 0 Å². The number of carbonyl (C=O) groups excluding carboxylic acids is 3. The van der Waals surface area contributed by atoms with Crippen LogP contribution < -0.4 is 5.32 Å². The van der Waals surface area contributed by atoms with Gasteiger partial charge in [-0.05, 0) is 54.0 Å². The Kier molecular flexibility index (Phi) is 7.74. The standard InChI is InChI=1S/C30H39N3O4/c1-19(2)17-23(31-27(35)20-11-13-22(14-12-20)30(3,4)5)29(37)32-16-15-24-26(32)25(34)18-33(24)28(36)21-9-7-6-8-10-21/h6-14,19,23-26,34H,15-18H2,1-5H3,(H,31,35)/t23-,24?,25-,26?/m0/s1. The van der Waals surface area contributed by atoms with E-state index < -0.39 is 18.2 Å². The molecule has 2 aromatic carbocycles. The number of nitrogens with zero attached hydrogens (tertiary/aromatic N) is 2. The third kappa shape index (κ3) is 5.72. The van der Waals surface area contributed by atoms with Crippen LogP contribution in [0.5, 0.6) is 0 Å². The van der Waals surface area contributed by atoms with Gasteiger partial charge in [-0.25, -0.2) is 0 Å². The Labute approximate surface area is 219 Å². The highest BCUT2D eigenvalue weighted by atomic mass is 16.3. The van der Waals surface area contributed by atoms with Gasteiger partial charge in [0, 0.05) is 24.2 Å². The third-order valence-corrected chi connectivity index (χ3v) is 7.49. The Balaban J connectivity index is 1.49. The summed E-state index contributed by atoms with van der Waals surface area (Å²) < 4.78 is 0. The SMILES string of the molecule is CC(C)C[C@H](NC(=O)c1ccc(C(C)(C)C)cc1)C(=O)N1CCC2C1[C@@H](O)CN2C(=O)c1ccccc1. The van der Waals surface area contributed by atoms with E-state index in [0.717, 1.165) is 5.56 Å². The highest BCUT2D eigenvalue weighted by Gasteiger charge is 2.52. The maximum absolute atomic E-state index is 13.8. The summed E-state index contributed by atoms with van der Waals surface area (Å²) in [4.78, 5) is 43.4. The van der Waals surface area contributed by atoms with Crippen molar-refractivity contribution < 1.29 is 19.5 Å². The van der Waals surface area contributed by atoms with E-state index in [9.17, 15) is 19.5 Å². The van der Waals surface area contributed by atoms with Crippen LogP contribution in [-0.4, -0.2) is 69.9 Å². The number of hydrogen-bond donors (Lipinski definition) is 2. The lowest BCUT2D eigenvalue weighted by molar-refractivity contribution is -0.136. The van der Waals surface area contributed by atoms with E-state index in [1.807, 2.05) is 44.2 Å². The van der Waals surface area contributed by atoms with Crippen molar-refractivity contribution in [2.24, 2.45) is 5.92 Å². The first-order chi connectivity index (χ1) is 17.5. The Morgan fingerprint density at radius 3 is 2.22 bits per heavy atom. The van der Waals surface area contributed by atoms with Crippen molar-refractivity contribution in [2.75, 3.05) is 13.1 Å². The number of aliphatic hydroxyl groups is 1. The molecule has 0 spiro atoms. The zero-order valence-electron chi connectivity index (χ0n) is 22.5. The van der Waals surface area contributed by atoms with Crippen LogP contribution in [0.15, 0.2) is 54.6 Å². The Morgan fingerprint density at radius 1 is 0.973 bits per heavy atom. The molecule has 2 N–H and O–H groups in total. The first-order valence-electron chi connectivity index (χ1n) is 13.2. The Hall–Kier alpha value is -3.19. The quantitative estimate of drug-likeness (QED) is 0.628. The topological polar surface area (TPSA) is 89.9 Å². The predicted molar refractivity (Wildman–Crippen MR) is 143 cm³/mol. The summed E-state index contributed by atoms with van der Waals surface area (Å²) in [5.74, 6) is -0.440. The molecule has 0 radical (unpaired) electrons. The molecule has 2 heterocycles. The van der Waals surface area contributed by atoms with Crippen molar-refractivity contribution in [2.45, 2.75) is 77.1 Å². The fourth-order valence-electron chi connectivity index (χ4n) is 5.54. The summed E-state index contributed by atoms with van der Waals surface area (Å²) in [5.41, 5.74) is 2.19. The number of amides is 3. The van der Waals surface area contributed by atoms with Gasteiger partial charge in [-0.15, -0.1) is 0 Å². The zero-order chi connectivity index (χ0) is 26.9. The van der Waals surface area contributed by atoms with Crippen molar-refractivity contribution in [3.63, 3.8) is 0 Å². The van der Waals surface area contributed by atoms with Crippen molar-refractivity contribution in [1.29, 1.82) is 0 Å². The molecule has 3 amide bonds. The molecule has 0 aliphatic carbocycles. The normalized spacial score (nSPS) is 22.2. The second kappa shape index (κ2) is 10.7. The molecular formula is C30H39N3O4. The smallest absolute Gasteiger partial charge is 0.254 e. The maximum atomic E-state index is 13.8. The van der Waals surface area contributed by atoms with Gasteiger partial charge in [0.25, 0.3) is 11.8 Å². The minimum Gasteiger partial charge on any atom is -0.389 e. The van der Waals surface area contributed by atoms with Crippen LogP contribution >= 0.6 is 0 Å². The number of rotatable bonds is 6. The molecule has 0 saturated carbocycles. The second-order valence-electron chi connectivity index (χ2n) is 11.8. The molecule has 7 nitrogen and oxygen atoms in total.